The molecule has 2 amide bonds. The molecule has 2 aromatic carbocycles. The molecule has 10 heteroatoms. The molecule has 2 N–H and O–H groups in total. The third-order valence-electron chi connectivity index (χ3n) is 6.67. The molecule has 1 aliphatic heterocycles. The first kappa shape index (κ1) is 26.1. The first-order valence-electron chi connectivity index (χ1n) is 12.3. The molecule has 36 heavy (non-hydrogen) atoms. The van der Waals surface area contributed by atoms with Crippen molar-refractivity contribution in [1.29, 1.82) is 0 Å². The smallest absolute Gasteiger partial charge is 0.414 e. The Morgan fingerprint density at radius 3 is 2.47 bits per heavy atom. The Bertz CT molecular complexity index is 1230. The maximum atomic E-state index is 13.3. The maximum absolute atomic E-state index is 13.3. The highest BCUT2D eigenvalue weighted by molar-refractivity contribution is 7.89. The van der Waals surface area contributed by atoms with Gasteiger partial charge in [-0.3, -0.25) is 9.69 Å². The number of aliphatic hydroxyl groups excluding tert-OH is 1. The molecule has 1 heterocycles. The van der Waals surface area contributed by atoms with Crippen molar-refractivity contribution in [3.63, 3.8) is 0 Å². The molecule has 1 saturated carbocycles. The number of sulfonamides is 1. The Morgan fingerprint density at radius 1 is 1.06 bits per heavy atom. The first-order chi connectivity index (χ1) is 17.2. The van der Waals surface area contributed by atoms with Crippen molar-refractivity contribution in [1.82, 2.24) is 4.72 Å². The van der Waals surface area contributed by atoms with E-state index in [1.165, 1.54) is 13.0 Å². The van der Waals surface area contributed by atoms with Gasteiger partial charge in [-0.05, 0) is 68.0 Å². The fraction of sp³-hybridized carbons (Fsp3) is 0.462. The van der Waals surface area contributed by atoms with E-state index in [2.05, 4.69) is 4.72 Å². The van der Waals surface area contributed by atoms with Crippen LogP contribution in [0.3, 0.4) is 0 Å². The molecule has 0 saturated heterocycles. The van der Waals surface area contributed by atoms with Crippen LogP contribution in [0.1, 0.15) is 46.0 Å². The highest BCUT2D eigenvalue weighted by Gasteiger charge is 2.35. The molecule has 9 nitrogen and oxygen atoms in total. The van der Waals surface area contributed by atoms with Crippen LogP contribution >= 0.6 is 0 Å². The second-order valence-corrected chi connectivity index (χ2v) is 11.1. The van der Waals surface area contributed by atoms with Gasteiger partial charge < -0.3 is 14.7 Å². The highest BCUT2D eigenvalue weighted by Crippen LogP contribution is 2.40. The predicted octanol–water partition coefficient (Wildman–Crippen LogP) is 3.65. The van der Waals surface area contributed by atoms with Crippen LogP contribution in [-0.2, 0) is 19.6 Å². The van der Waals surface area contributed by atoms with E-state index in [9.17, 15) is 18.0 Å². The van der Waals surface area contributed by atoms with E-state index in [0.717, 1.165) is 32.1 Å². The summed E-state index contributed by atoms with van der Waals surface area (Å²) in [6.45, 7) is 3.30. The van der Waals surface area contributed by atoms with Crippen LogP contribution in [0.4, 0.5) is 16.2 Å². The molecule has 2 aliphatic rings. The zero-order chi connectivity index (χ0) is 25.9. The highest BCUT2D eigenvalue weighted by atomic mass is 32.2. The molecule has 194 valence electrons. The molecule has 1 atom stereocenters. The van der Waals surface area contributed by atoms with Crippen molar-refractivity contribution >= 4 is 33.4 Å². The third kappa shape index (κ3) is 5.55. The van der Waals surface area contributed by atoms with Gasteiger partial charge in [0, 0.05) is 20.0 Å². The molecule has 0 radical (unpaired) electrons. The minimum Gasteiger partial charge on any atom is -0.446 e. The number of fused-ring (bicyclic) bond motifs is 1. The Labute approximate surface area is 212 Å². The average molecular weight is 516 g/mol. The minimum atomic E-state index is -3.79. The number of ether oxygens (including phenoxy) is 1. The number of aliphatic hydroxyl groups is 1. The van der Waals surface area contributed by atoms with Crippen LogP contribution in [-0.4, -0.2) is 57.4 Å². The van der Waals surface area contributed by atoms with E-state index < -0.39 is 16.1 Å². The lowest BCUT2D eigenvalue weighted by molar-refractivity contribution is -0.117. The van der Waals surface area contributed by atoms with Crippen molar-refractivity contribution in [2.45, 2.75) is 63.0 Å². The summed E-state index contributed by atoms with van der Waals surface area (Å²) in [5.74, 6) is -0.125. The normalized spacial score (nSPS) is 18.6. The lowest BCUT2D eigenvalue weighted by Crippen LogP contribution is -2.52. The zero-order valence-corrected chi connectivity index (χ0v) is 21.5. The van der Waals surface area contributed by atoms with Crippen LogP contribution in [0.25, 0.3) is 11.1 Å². The summed E-state index contributed by atoms with van der Waals surface area (Å²) in [4.78, 5) is 29.1. The fourth-order valence-corrected chi connectivity index (χ4v) is 6.02. The van der Waals surface area contributed by atoms with Crippen LogP contribution in [0.2, 0.25) is 0 Å². The van der Waals surface area contributed by atoms with Gasteiger partial charge in [-0.1, -0.05) is 24.6 Å². The van der Waals surface area contributed by atoms with Gasteiger partial charge in [-0.15, -0.1) is 0 Å². The number of benzene rings is 2. The predicted molar refractivity (Wildman–Crippen MR) is 137 cm³/mol. The van der Waals surface area contributed by atoms with Crippen LogP contribution in [0, 0.1) is 0 Å². The maximum Gasteiger partial charge on any atom is 0.414 e. The van der Waals surface area contributed by atoms with Crippen molar-refractivity contribution in [2.24, 2.45) is 0 Å². The summed E-state index contributed by atoms with van der Waals surface area (Å²) in [5, 5.41) is 8.98. The monoisotopic (exact) mass is 515 g/mol. The van der Waals surface area contributed by atoms with Gasteiger partial charge in [0.15, 0.2) is 0 Å². The van der Waals surface area contributed by atoms with E-state index in [-0.39, 0.29) is 36.1 Å². The van der Waals surface area contributed by atoms with Crippen molar-refractivity contribution in [2.75, 3.05) is 29.5 Å². The van der Waals surface area contributed by atoms with Crippen molar-refractivity contribution < 1.29 is 27.9 Å². The largest absolute Gasteiger partial charge is 0.446 e. The Morgan fingerprint density at radius 2 is 1.78 bits per heavy atom. The van der Waals surface area contributed by atoms with Gasteiger partial charge in [0.2, 0.25) is 15.9 Å². The fourth-order valence-electron chi connectivity index (χ4n) is 4.95. The molecule has 0 spiro atoms. The number of amides is 2. The van der Waals surface area contributed by atoms with E-state index in [0.29, 0.717) is 29.0 Å². The Kier molecular flexibility index (Phi) is 7.97. The van der Waals surface area contributed by atoms with Gasteiger partial charge in [-0.2, -0.15) is 0 Å². The number of nitrogens with one attached hydrogen (secondary N) is 1. The van der Waals surface area contributed by atoms with Gasteiger partial charge in [0.25, 0.3) is 0 Å². The average Bonchev–Trinajstić information content (AvgIpc) is 2.87. The zero-order valence-electron chi connectivity index (χ0n) is 20.6. The summed E-state index contributed by atoms with van der Waals surface area (Å²) < 4.78 is 33.3. The Hall–Kier alpha value is -2.95. The number of nitrogens with zero attached hydrogens (tertiary/aromatic N) is 2. The summed E-state index contributed by atoms with van der Waals surface area (Å²) in [6, 6.07) is 11.6. The number of rotatable bonds is 6. The summed E-state index contributed by atoms with van der Waals surface area (Å²) in [6.07, 6.45) is 4.41. The van der Waals surface area contributed by atoms with Gasteiger partial charge in [-0.25, -0.2) is 17.9 Å². The van der Waals surface area contributed by atoms with Crippen molar-refractivity contribution in [3.8, 4) is 11.1 Å². The lowest BCUT2D eigenvalue weighted by atomic mass is 9.98. The quantitative estimate of drug-likeness (QED) is 0.607. The second kappa shape index (κ2) is 11.0. The molecule has 4 rings (SSSR count). The van der Waals surface area contributed by atoms with Gasteiger partial charge in [0.1, 0.15) is 6.10 Å². The number of carbonyl (C=O) groups is 2. The SMILES string of the molecule is CC(=O)N1c2ccc(-c3cccc(S(=O)(=O)NCCO)c3)cc2N(C(=O)OC2CCCCC2)C[C@@H]1C. The topological polar surface area (TPSA) is 116 Å². The number of anilines is 2. The molecule has 2 aromatic rings. The van der Waals surface area contributed by atoms with Gasteiger partial charge in [0.05, 0.1) is 28.9 Å². The van der Waals surface area contributed by atoms with E-state index >= 15 is 0 Å². The first-order valence-corrected chi connectivity index (χ1v) is 13.8. The summed E-state index contributed by atoms with van der Waals surface area (Å²) in [5.41, 5.74) is 2.49. The van der Waals surface area contributed by atoms with E-state index in [1.807, 2.05) is 13.0 Å². The lowest BCUT2D eigenvalue weighted by Gasteiger charge is -2.41. The molecule has 0 aromatic heterocycles. The van der Waals surface area contributed by atoms with Crippen molar-refractivity contribution in [3.05, 3.63) is 42.5 Å². The van der Waals surface area contributed by atoms with Gasteiger partial charge >= 0.3 is 6.09 Å². The number of carbonyl (C=O) groups excluding carboxylic acids is 2. The Balaban J connectivity index is 1.71. The summed E-state index contributed by atoms with van der Waals surface area (Å²) in [7, 11) is -3.79. The minimum absolute atomic E-state index is 0.0683. The molecule has 1 fully saturated rings. The molecule has 0 bridgehead atoms. The molecular weight excluding hydrogens is 482 g/mol. The second-order valence-electron chi connectivity index (χ2n) is 9.35. The van der Waals surface area contributed by atoms with Crippen LogP contribution in [0.15, 0.2) is 47.4 Å². The third-order valence-corrected chi connectivity index (χ3v) is 8.13. The standard InChI is InChI=1S/C26H33N3O6S/c1-18-17-28(26(32)35-22-8-4-3-5-9-22)25-16-21(11-12-24(25)29(18)19(2)31)20-7-6-10-23(15-20)36(33,34)27-13-14-30/h6-7,10-12,15-16,18,22,27,30H,3-5,8-9,13-14,17H2,1-2H3/t18-/m0/s1. The molecular formula is C26H33N3O6S. The molecule has 0 unspecified atom stereocenters. The number of hydrogen-bond donors (Lipinski definition) is 2. The van der Waals surface area contributed by atoms with E-state index in [1.54, 1.807) is 40.1 Å². The van der Waals surface area contributed by atoms with E-state index in [4.69, 9.17) is 9.84 Å². The summed E-state index contributed by atoms with van der Waals surface area (Å²) >= 11 is 0. The van der Waals surface area contributed by atoms with Crippen LogP contribution < -0.4 is 14.5 Å². The molecule has 1 aliphatic carbocycles. The van der Waals surface area contributed by atoms with Crippen LogP contribution in [0.5, 0.6) is 0 Å². The number of hydrogen-bond acceptors (Lipinski definition) is 6.